The number of nitrogens with two attached hydrogens (primary N) is 1. The highest BCUT2D eigenvalue weighted by Crippen LogP contribution is 2.32. The molecule has 0 fully saturated rings. The summed E-state index contributed by atoms with van der Waals surface area (Å²) in [5.74, 6) is 2.30. The van der Waals surface area contributed by atoms with Crippen molar-refractivity contribution < 1.29 is 14.2 Å². The van der Waals surface area contributed by atoms with Crippen LogP contribution in [0.15, 0.2) is 72.8 Å². The van der Waals surface area contributed by atoms with Gasteiger partial charge in [-0.3, -0.25) is 0 Å². The van der Waals surface area contributed by atoms with Crippen LogP contribution in [0.1, 0.15) is 5.56 Å². The fourth-order valence-corrected chi connectivity index (χ4v) is 2.98. The quantitative estimate of drug-likeness (QED) is 0.575. The van der Waals surface area contributed by atoms with Gasteiger partial charge in [-0.25, -0.2) is 0 Å². The Morgan fingerprint density at radius 2 is 1.44 bits per heavy atom. The molecule has 4 nitrogen and oxygen atoms in total. The van der Waals surface area contributed by atoms with Crippen LogP contribution in [0.2, 0.25) is 0 Å². The monoisotopic (exact) mass is 363 g/mol. The summed E-state index contributed by atoms with van der Waals surface area (Å²) >= 11 is 0. The van der Waals surface area contributed by atoms with Crippen LogP contribution in [0.4, 0.5) is 0 Å². The molecule has 0 spiro atoms. The van der Waals surface area contributed by atoms with Crippen molar-refractivity contribution in [3.63, 3.8) is 0 Å². The average Bonchev–Trinajstić information content (AvgIpc) is 2.73. The first kappa shape index (κ1) is 18.8. The molecule has 0 aromatic heterocycles. The molecular formula is C23H25NO3. The Kier molecular flexibility index (Phi) is 6.72. The van der Waals surface area contributed by atoms with E-state index in [1.54, 1.807) is 7.11 Å². The molecular weight excluding hydrogens is 338 g/mol. The van der Waals surface area contributed by atoms with Gasteiger partial charge in [0, 0.05) is 5.56 Å². The lowest BCUT2D eigenvalue weighted by Crippen LogP contribution is -2.12. The van der Waals surface area contributed by atoms with Crippen molar-refractivity contribution in [3.05, 3.63) is 78.4 Å². The molecule has 0 amide bonds. The van der Waals surface area contributed by atoms with Crippen molar-refractivity contribution >= 4 is 0 Å². The highest BCUT2D eigenvalue weighted by atomic mass is 16.5. The smallest absolute Gasteiger partial charge is 0.164 e. The number of ether oxygens (including phenoxy) is 3. The van der Waals surface area contributed by atoms with Gasteiger partial charge in [0.2, 0.25) is 0 Å². The van der Waals surface area contributed by atoms with Gasteiger partial charge >= 0.3 is 0 Å². The van der Waals surface area contributed by atoms with Crippen LogP contribution in [0.3, 0.4) is 0 Å². The standard InChI is InChI=1S/C23H25NO3/c1-25-22-13-7-10-19(14-15-24)23(22)27-17-16-26-21-12-6-5-11-20(21)18-8-3-2-4-9-18/h2-13H,14-17,24H2,1H3. The number of para-hydroxylation sites is 2. The van der Waals surface area contributed by atoms with Gasteiger partial charge in [0.25, 0.3) is 0 Å². The van der Waals surface area contributed by atoms with Crippen molar-refractivity contribution in [3.8, 4) is 28.4 Å². The largest absolute Gasteiger partial charge is 0.493 e. The highest BCUT2D eigenvalue weighted by Gasteiger charge is 2.11. The van der Waals surface area contributed by atoms with Gasteiger partial charge in [-0.05, 0) is 36.2 Å². The number of hydrogen-bond acceptors (Lipinski definition) is 4. The summed E-state index contributed by atoms with van der Waals surface area (Å²) < 4.78 is 17.4. The van der Waals surface area contributed by atoms with E-state index in [1.165, 1.54) is 0 Å². The van der Waals surface area contributed by atoms with E-state index in [4.69, 9.17) is 19.9 Å². The van der Waals surface area contributed by atoms with E-state index in [0.29, 0.717) is 25.5 Å². The summed E-state index contributed by atoms with van der Waals surface area (Å²) in [7, 11) is 1.64. The third-order valence-electron chi connectivity index (χ3n) is 4.25. The normalized spacial score (nSPS) is 10.4. The van der Waals surface area contributed by atoms with Crippen LogP contribution < -0.4 is 19.9 Å². The minimum Gasteiger partial charge on any atom is -0.493 e. The molecule has 0 unspecified atom stereocenters. The molecule has 0 aliphatic heterocycles. The molecule has 2 N–H and O–H groups in total. The number of rotatable bonds is 9. The fourth-order valence-electron chi connectivity index (χ4n) is 2.98. The first-order chi connectivity index (χ1) is 13.3. The van der Waals surface area contributed by atoms with Gasteiger partial charge in [0.05, 0.1) is 7.11 Å². The number of methoxy groups -OCH3 is 1. The lowest BCUT2D eigenvalue weighted by atomic mass is 10.1. The highest BCUT2D eigenvalue weighted by molar-refractivity contribution is 5.70. The second-order valence-corrected chi connectivity index (χ2v) is 6.05. The summed E-state index contributed by atoms with van der Waals surface area (Å²) in [6, 6.07) is 24.1. The maximum Gasteiger partial charge on any atom is 0.164 e. The molecule has 3 aromatic carbocycles. The van der Waals surface area contributed by atoms with E-state index in [0.717, 1.165) is 34.6 Å². The van der Waals surface area contributed by atoms with Crippen molar-refractivity contribution in [2.24, 2.45) is 5.73 Å². The number of hydrogen-bond donors (Lipinski definition) is 1. The maximum atomic E-state index is 6.00. The van der Waals surface area contributed by atoms with E-state index >= 15 is 0 Å². The minimum absolute atomic E-state index is 0.418. The zero-order valence-electron chi connectivity index (χ0n) is 15.6. The van der Waals surface area contributed by atoms with Gasteiger partial charge < -0.3 is 19.9 Å². The van der Waals surface area contributed by atoms with E-state index < -0.39 is 0 Å². The van der Waals surface area contributed by atoms with Crippen molar-refractivity contribution in [2.75, 3.05) is 26.9 Å². The molecule has 0 bridgehead atoms. The zero-order valence-corrected chi connectivity index (χ0v) is 15.6. The minimum atomic E-state index is 0.418. The van der Waals surface area contributed by atoms with Gasteiger partial charge in [-0.15, -0.1) is 0 Å². The van der Waals surface area contributed by atoms with Crippen LogP contribution >= 0.6 is 0 Å². The van der Waals surface area contributed by atoms with Crippen LogP contribution in [0, 0.1) is 0 Å². The predicted molar refractivity (Wildman–Crippen MR) is 109 cm³/mol. The summed E-state index contributed by atoms with van der Waals surface area (Å²) in [6.45, 7) is 1.41. The maximum absolute atomic E-state index is 6.00. The van der Waals surface area contributed by atoms with Crippen molar-refractivity contribution in [1.29, 1.82) is 0 Å². The molecule has 0 atom stereocenters. The molecule has 27 heavy (non-hydrogen) atoms. The van der Waals surface area contributed by atoms with Crippen LogP contribution in [-0.4, -0.2) is 26.9 Å². The van der Waals surface area contributed by atoms with Crippen molar-refractivity contribution in [1.82, 2.24) is 0 Å². The molecule has 0 heterocycles. The molecule has 140 valence electrons. The van der Waals surface area contributed by atoms with Crippen LogP contribution in [0.25, 0.3) is 11.1 Å². The first-order valence-electron chi connectivity index (χ1n) is 9.09. The molecule has 3 rings (SSSR count). The summed E-state index contributed by atoms with van der Waals surface area (Å²) in [5.41, 5.74) is 8.94. The Morgan fingerprint density at radius 3 is 2.22 bits per heavy atom. The van der Waals surface area contributed by atoms with E-state index in [1.807, 2.05) is 54.6 Å². The third kappa shape index (κ3) is 4.80. The number of benzene rings is 3. The molecule has 0 aliphatic carbocycles. The first-order valence-corrected chi connectivity index (χ1v) is 9.09. The predicted octanol–water partition coefficient (Wildman–Crippen LogP) is 4.32. The lowest BCUT2D eigenvalue weighted by Gasteiger charge is -2.16. The lowest BCUT2D eigenvalue weighted by molar-refractivity contribution is 0.210. The molecule has 0 saturated heterocycles. The Balaban J connectivity index is 1.65. The third-order valence-corrected chi connectivity index (χ3v) is 4.25. The molecule has 3 aromatic rings. The summed E-state index contributed by atoms with van der Waals surface area (Å²) in [6.07, 6.45) is 0.740. The topological polar surface area (TPSA) is 53.7 Å². The Morgan fingerprint density at radius 1 is 0.741 bits per heavy atom. The average molecular weight is 363 g/mol. The zero-order chi connectivity index (χ0) is 18.9. The molecule has 0 radical (unpaired) electrons. The second-order valence-electron chi connectivity index (χ2n) is 6.05. The Labute approximate surface area is 160 Å². The van der Waals surface area contributed by atoms with Gasteiger partial charge in [-0.2, -0.15) is 0 Å². The molecule has 0 saturated carbocycles. The second kappa shape index (κ2) is 9.64. The van der Waals surface area contributed by atoms with Gasteiger partial charge in [0.15, 0.2) is 11.5 Å². The van der Waals surface area contributed by atoms with E-state index in [-0.39, 0.29) is 0 Å². The van der Waals surface area contributed by atoms with Crippen LogP contribution in [-0.2, 0) is 6.42 Å². The molecule has 0 aliphatic rings. The Hall–Kier alpha value is -2.98. The van der Waals surface area contributed by atoms with E-state index in [9.17, 15) is 0 Å². The summed E-state index contributed by atoms with van der Waals surface area (Å²) in [4.78, 5) is 0. The van der Waals surface area contributed by atoms with Crippen molar-refractivity contribution in [2.45, 2.75) is 6.42 Å². The summed E-state index contributed by atoms with van der Waals surface area (Å²) in [5, 5.41) is 0. The Bertz CT molecular complexity index is 849. The fraction of sp³-hybridized carbons (Fsp3) is 0.217. The van der Waals surface area contributed by atoms with Crippen LogP contribution in [0.5, 0.6) is 17.2 Å². The van der Waals surface area contributed by atoms with E-state index in [2.05, 4.69) is 18.2 Å². The SMILES string of the molecule is COc1cccc(CCN)c1OCCOc1ccccc1-c1ccccc1. The van der Waals surface area contributed by atoms with Gasteiger partial charge in [0.1, 0.15) is 19.0 Å². The molecule has 4 heteroatoms. The van der Waals surface area contributed by atoms with Gasteiger partial charge in [-0.1, -0.05) is 60.7 Å².